The van der Waals surface area contributed by atoms with E-state index in [1.165, 1.54) is 0 Å². The number of amides is 1. The fourth-order valence-electron chi connectivity index (χ4n) is 2.29. The van der Waals surface area contributed by atoms with Gasteiger partial charge in [-0.1, -0.05) is 35.9 Å². The van der Waals surface area contributed by atoms with Gasteiger partial charge in [-0.3, -0.25) is 9.36 Å². The van der Waals surface area contributed by atoms with Crippen LogP contribution in [-0.2, 0) is 6.54 Å². The first kappa shape index (κ1) is 15.2. The SMILES string of the molecule is CN(Cc1ccc(Cl)nc1)C(=O)c1cncn1-c1ccccc1. The molecule has 116 valence electrons. The highest BCUT2D eigenvalue weighted by Gasteiger charge is 2.17. The number of carbonyl (C=O) groups excluding carboxylic acids is 1. The van der Waals surface area contributed by atoms with Gasteiger partial charge in [-0.15, -0.1) is 0 Å². The maximum Gasteiger partial charge on any atom is 0.272 e. The molecule has 0 fully saturated rings. The molecule has 2 heterocycles. The van der Waals surface area contributed by atoms with Crippen LogP contribution in [0.2, 0.25) is 5.15 Å². The average molecular weight is 327 g/mol. The number of aromatic nitrogens is 3. The topological polar surface area (TPSA) is 51.0 Å². The first-order chi connectivity index (χ1) is 11.1. The van der Waals surface area contributed by atoms with Gasteiger partial charge in [0, 0.05) is 25.5 Å². The molecular weight excluding hydrogens is 312 g/mol. The van der Waals surface area contributed by atoms with Gasteiger partial charge in [0.15, 0.2) is 0 Å². The molecule has 0 bridgehead atoms. The summed E-state index contributed by atoms with van der Waals surface area (Å²) in [5.41, 5.74) is 2.33. The summed E-state index contributed by atoms with van der Waals surface area (Å²) in [4.78, 5) is 22.5. The summed E-state index contributed by atoms with van der Waals surface area (Å²) in [5.74, 6) is -0.110. The Bertz CT molecular complexity index is 799. The number of nitrogens with zero attached hydrogens (tertiary/aromatic N) is 4. The van der Waals surface area contributed by atoms with E-state index in [1.807, 2.05) is 36.4 Å². The third-order valence-corrected chi connectivity index (χ3v) is 3.67. The molecule has 0 atom stereocenters. The summed E-state index contributed by atoms with van der Waals surface area (Å²) in [7, 11) is 1.75. The minimum atomic E-state index is -0.110. The first-order valence-electron chi connectivity index (χ1n) is 7.09. The Morgan fingerprint density at radius 3 is 2.65 bits per heavy atom. The van der Waals surface area contributed by atoms with Crippen LogP contribution in [0.3, 0.4) is 0 Å². The van der Waals surface area contributed by atoms with Crippen LogP contribution in [0.25, 0.3) is 5.69 Å². The fraction of sp³-hybridized carbons (Fsp3) is 0.118. The van der Waals surface area contributed by atoms with Crippen molar-refractivity contribution < 1.29 is 4.79 Å². The number of para-hydroxylation sites is 1. The number of rotatable bonds is 4. The van der Waals surface area contributed by atoms with Gasteiger partial charge in [-0.05, 0) is 23.8 Å². The standard InChI is InChI=1S/C17H15ClN4O/c1-21(11-13-7-8-16(18)20-9-13)17(23)15-10-19-12-22(15)14-5-3-2-4-6-14/h2-10,12H,11H2,1H3. The van der Waals surface area contributed by atoms with Crippen LogP contribution in [0.5, 0.6) is 0 Å². The predicted molar refractivity (Wildman–Crippen MR) is 88.6 cm³/mol. The molecule has 0 saturated carbocycles. The number of imidazole rings is 1. The van der Waals surface area contributed by atoms with E-state index < -0.39 is 0 Å². The molecule has 0 spiro atoms. The normalized spacial score (nSPS) is 10.5. The summed E-state index contributed by atoms with van der Waals surface area (Å²) in [6.07, 6.45) is 4.88. The highest BCUT2D eigenvalue weighted by atomic mass is 35.5. The van der Waals surface area contributed by atoms with Crippen LogP contribution in [0.15, 0.2) is 61.2 Å². The molecule has 0 radical (unpaired) electrons. The van der Waals surface area contributed by atoms with Gasteiger partial charge >= 0.3 is 0 Å². The quantitative estimate of drug-likeness (QED) is 0.692. The Hall–Kier alpha value is -2.66. The number of hydrogen-bond acceptors (Lipinski definition) is 3. The lowest BCUT2D eigenvalue weighted by Gasteiger charge is -2.18. The summed E-state index contributed by atoms with van der Waals surface area (Å²) >= 11 is 5.78. The largest absolute Gasteiger partial charge is 0.336 e. The molecule has 3 aromatic rings. The van der Waals surface area contributed by atoms with E-state index in [0.29, 0.717) is 17.4 Å². The van der Waals surface area contributed by atoms with Crippen LogP contribution >= 0.6 is 11.6 Å². The molecule has 2 aromatic heterocycles. The lowest BCUT2D eigenvalue weighted by atomic mass is 10.2. The average Bonchev–Trinajstić information content (AvgIpc) is 3.06. The predicted octanol–water partition coefficient (Wildman–Crippen LogP) is 3.19. The van der Waals surface area contributed by atoms with Crippen molar-refractivity contribution in [2.75, 3.05) is 7.05 Å². The van der Waals surface area contributed by atoms with E-state index in [9.17, 15) is 4.79 Å². The Labute approximate surface area is 139 Å². The van der Waals surface area contributed by atoms with Crippen LogP contribution < -0.4 is 0 Å². The van der Waals surface area contributed by atoms with Gasteiger partial charge in [-0.2, -0.15) is 0 Å². The summed E-state index contributed by atoms with van der Waals surface area (Å²) in [5, 5.41) is 0.435. The van der Waals surface area contributed by atoms with E-state index >= 15 is 0 Å². The lowest BCUT2D eigenvalue weighted by Crippen LogP contribution is -2.28. The van der Waals surface area contributed by atoms with Crippen molar-refractivity contribution in [1.29, 1.82) is 0 Å². The Kier molecular flexibility index (Phi) is 4.39. The van der Waals surface area contributed by atoms with Gasteiger partial charge in [0.1, 0.15) is 10.8 Å². The number of carbonyl (C=O) groups is 1. The van der Waals surface area contributed by atoms with Crippen LogP contribution in [0.4, 0.5) is 0 Å². The molecule has 0 aliphatic heterocycles. The zero-order valence-corrected chi connectivity index (χ0v) is 13.3. The molecule has 1 aromatic carbocycles. The Morgan fingerprint density at radius 2 is 1.96 bits per heavy atom. The third-order valence-electron chi connectivity index (χ3n) is 3.45. The van der Waals surface area contributed by atoms with E-state index in [0.717, 1.165) is 11.3 Å². The van der Waals surface area contributed by atoms with Gasteiger partial charge < -0.3 is 4.90 Å². The second-order valence-electron chi connectivity index (χ2n) is 5.13. The van der Waals surface area contributed by atoms with Gasteiger partial charge in [0.2, 0.25) is 0 Å². The van der Waals surface area contributed by atoms with E-state index in [2.05, 4.69) is 9.97 Å². The van der Waals surface area contributed by atoms with Crippen molar-refractivity contribution in [3.8, 4) is 5.69 Å². The molecule has 0 aliphatic rings. The summed E-state index contributed by atoms with van der Waals surface area (Å²) in [6.45, 7) is 0.447. The molecule has 23 heavy (non-hydrogen) atoms. The second-order valence-corrected chi connectivity index (χ2v) is 5.52. The number of halogens is 1. The molecular formula is C17H15ClN4O. The molecule has 0 N–H and O–H groups in total. The number of benzene rings is 1. The van der Waals surface area contributed by atoms with Crippen LogP contribution in [0.1, 0.15) is 16.1 Å². The summed E-state index contributed by atoms with van der Waals surface area (Å²) in [6, 6.07) is 13.2. The second kappa shape index (κ2) is 6.62. The molecule has 6 heteroatoms. The third kappa shape index (κ3) is 3.40. The molecule has 0 aliphatic carbocycles. The Balaban J connectivity index is 1.81. The maximum atomic E-state index is 12.7. The molecule has 3 rings (SSSR count). The van der Waals surface area contributed by atoms with Crippen LogP contribution in [0, 0.1) is 0 Å². The monoisotopic (exact) mass is 326 g/mol. The minimum absolute atomic E-state index is 0.110. The van der Waals surface area contributed by atoms with E-state index in [-0.39, 0.29) is 5.91 Å². The van der Waals surface area contributed by atoms with Crippen molar-refractivity contribution in [2.24, 2.45) is 0 Å². The number of pyridine rings is 1. The zero-order chi connectivity index (χ0) is 16.2. The summed E-state index contributed by atoms with van der Waals surface area (Å²) < 4.78 is 1.78. The highest BCUT2D eigenvalue weighted by Crippen LogP contribution is 2.14. The smallest absolute Gasteiger partial charge is 0.272 e. The number of hydrogen-bond donors (Lipinski definition) is 0. The molecule has 1 amide bonds. The highest BCUT2D eigenvalue weighted by molar-refractivity contribution is 6.29. The van der Waals surface area contributed by atoms with Crippen molar-refractivity contribution >= 4 is 17.5 Å². The fourth-order valence-corrected chi connectivity index (χ4v) is 2.40. The van der Waals surface area contributed by atoms with Gasteiger partial charge in [-0.25, -0.2) is 9.97 Å². The van der Waals surface area contributed by atoms with Crippen molar-refractivity contribution in [3.63, 3.8) is 0 Å². The van der Waals surface area contributed by atoms with Crippen LogP contribution in [-0.4, -0.2) is 32.4 Å². The van der Waals surface area contributed by atoms with Gasteiger partial charge in [0.25, 0.3) is 5.91 Å². The van der Waals surface area contributed by atoms with E-state index in [4.69, 9.17) is 11.6 Å². The van der Waals surface area contributed by atoms with Crippen molar-refractivity contribution in [2.45, 2.75) is 6.54 Å². The van der Waals surface area contributed by atoms with Crippen molar-refractivity contribution in [3.05, 3.63) is 77.6 Å². The lowest BCUT2D eigenvalue weighted by molar-refractivity contribution is 0.0777. The van der Waals surface area contributed by atoms with Gasteiger partial charge in [0.05, 0.1) is 12.5 Å². The molecule has 0 unspecified atom stereocenters. The van der Waals surface area contributed by atoms with E-state index in [1.54, 1.807) is 41.3 Å². The first-order valence-corrected chi connectivity index (χ1v) is 7.46. The molecule has 5 nitrogen and oxygen atoms in total. The minimum Gasteiger partial charge on any atom is -0.336 e. The maximum absolute atomic E-state index is 12.7. The molecule has 0 saturated heterocycles. The Morgan fingerprint density at radius 1 is 1.17 bits per heavy atom. The zero-order valence-electron chi connectivity index (χ0n) is 12.6. The van der Waals surface area contributed by atoms with Crippen molar-refractivity contribution in [1.82, 2.24) is 19.4 Å².